The first kappa shape index (κ1) is 15.6. The number of ether oxygens (including phenoxy) is 1. The van der Waals surface area contributed by atoms with Crippen LogP contribution in [0.3, 0.4) is 0 Å². The van der Waals surface area contributed by atoms with Gasteiger partial charge in [-0.05, 0) is 37.5 Å². The van der Waals surface area contributed by atoms with E-state index in [-0.39, 0.29) is 18.2 Å². The number of rotatable bonds is 5. The number of amides is 2. The van der Waals surface area contributed by atoms with E-state index in [1.807, 2.05) is 38.1 Å². The van der Waals surface area contributed by atoms with Gasteiger partial charge in [0.25, 0.3) is 0 Å². The minimum atomic E-state index is -0.166. The maximum Gasteiger partial charge on any atom is 0.315 e. The summed E-state index contributed by atoms with van der Waals surface area (Å²) in [7, 11) is 3.88. The highest BCUT2D eigenvalue weighted by Crippen LogP contribution is 2.15. The Morgan fingerprint density at radius 3 is 3.05 bits per heavy atom. The van der Waals surface area contributed by atoms with E-state index in [4.69, 9.17) is 4.74 Å². The zero-order valence-electron chi connectivity index (χ0n) is 12.9. The summed E-state index contributed by atoms with van der Waals surface area (Å²) in [5.41, 5.74) is 1.02. The summed E-state index contributed by atoms with van der Waals surface area (Å²) in [5, 5.41) is 5.80. The van der Waals surface area contributed by atoms with Crippen LogP contribution in [-0.4, -0.2) is 43.9 Å². The minimum Gasteiger partial charge on any atom is -0.376 e. The monoisotopic (exact) mass is 292 g/mol. The van der Waals surface area contributed by atoms with E-state index in [1.165, 1.54) is 0 Å². The first-order valence-corrected chi connectivity index (χ1v) is 7.34. The number of pyridine rings is 1. The molecule has 1 aromatic heterocycles. The Labute approximate surface area is 125 Å². The van der Waals surface area contributed by atoms with Crippen molar-refractivity contribution in [2.45, 2.75) is 38.5 Å². The summed E-state index contributed by atoms with van der Waals surface area (Å²) in [6.07, 6.45) is 3.97. The molecular weight excluding hydrogens is 268 g/mol. The Balaban J connectivity index is 1.79. The van der Waals surface area contributed by atoms with Crippen LogP contribution >= 0.6 is 0 Å². The van der Waals surface area contributed by atoms with Gasteiger partial charge < -0.3 is 20.3 Å². The summed E-state index contributed by atoms with van der Waals surface area (Å²) in [5.74, 6) is 0.877. The van der Waals surface area contributed by atoms with Crippen molar-refractivity contribution < 1.29 is 9.53 Å². The maximum atomic E-state index is 11.9. The van der Waals surface area contributed by atoms with Gasteiger partial charge in [-0.3, -0.25) is 0 Å². The lowest BCUT2D eigenvalue weighted by atomic mass is 10.1. The van der Waals surface area contributed by atoms with Gasteiger partial charge in [-0.1, -0.05) is 0 Å². The summed E-state index contributed by atoms with van der Waals surface area (Å²) in [6.45, 7) is 3.25. The van der Waals surface area contributed by atoms with Gasteiger partial charge in [0.05, 0.1) is 12.1 Å². The summed E-state index contributed by atoms with van der Waals surface area (Å²) >= 11 is 0. The topological polar surface area (TPSA) is 66.5 Å². The second kappa shape index (κ2) is 7.26. The van der Waals surface area contributed by atoms with Crippen molar-refractivity contribution >= 4 is 11.8 Å². The molecule has 0 bridgehead atoms. The number of nitrogens with zero attached hydrogens (tertiary/aromatic N) is 2. The van der Waals surface area contributed by atoms with Crippen LogP contribution in [0.1, 0.15) is 25.3 Å². The van der Waals surface area contributed by atoms with Crippen molar-refractivity contribution in [3.63, 3.8) is 0 Å². The van der Waals surface area contributed by atoms with Crippen LogP contribution < -0.4 is 15.5 Å². The van der Waals surface area contributed by atoms with Crippen molar-refractivity contribution in [2.24, 2.45) is 0 Å². The number of carbonyl (C=O) groups excluding carboxylic acids is 1. The molecule has 1 aromatic rings. The predicted molar refractivity (Wildman–Crippen MR) is 82.4 cm³/mol. The highest BCUT2D eigenvalue weighted by molar-refractivity contribution is 5.74. The average molecular weight is 292 g/mol. The van der Waals surface area contributed by atoms with Gasteiger partial charge in [0.2, 0.25) is 0 Å². The van der Waals surface area contributed by atoms with E-state index >= 15 is 0 Å². The Hall–Kier alpha value is -1.82. The number of hydrogen-bond acceptors (Lipinski definition) is 4. The molecule has 1 aliphatic heterocycles. The number of anilines is 1. The highest BCUT2D eigenvalue weighted by Gasteiger charge is 2.23. The zero-order valence-corrected chi connectivity index (χ0v) is 12.9. The Kier molecular flexibility index (Phi) is 5.38. The van der Waals surface area contributed by atoms with Crippen LogP contribution in [0.5, 0.6) is 0 Å². The maximum absolute atomic E-state index is 11.9. The molecular formula is C15H24N4O2. The summed E-state index contributed by atoms with van der Waals surface area (Å²) in [4.78, 5) is 18.1. The molecule has 2 atom stereocenters. The van der Waals surface area contributed by atoms with E-state index in [0.29, 0.717) is 6.54 Å². The molecule has 2 heterocycles. The molecule has 0 spiro atoms. The molecule has 1 saturated heterocycles. The molecule has 0 saturated carbocycles. The van der Waals surface area contributed by atoms with Crippen molar-refractivity contribution in [1.82, 2.24) is 15.6 Å². The van der Waals surface area contributed by atoms with Gasteiger partial charge in [-0.2, -0.15) is 0 Å². The number of carbonyl (C=O) groups is 1. The van der Waals surface area contributed by atoms with Crippen LogP contribution in [0.15, 0.2) is 18.3 Å². The first-order chi connectivity index (χ1) is 10.1. The third kappa shape index (κ3) is 4.60. The van der Waals surface area contributed by atoms with Crippen molar-refractivity contribution in [1.29, 1.82) is 0 Å². The van der Waals surface area contributed by atoms with Crippen LogP contribution in [0, 0.1) is 0 Å². The van der Waals surface area contributed by atoms with Crippen molar-refractivity contribution in [3.8, 4) is 0 Å². The molecule has 1 fully saturated rings. The molecule has 2 N–H and O–H groups in total. The normalized spacial score (nSPS) is 19.1. The van der Waals surface area contributed by atoms with Crippen LogP contribution in [0.4, 0.5) is 10.6 Å². The molecule has 2 amide bonds. The lowest BCUT2D eigenvalue weighted by Crippen LogP contribution is -2.45. The predicted octanol–water partition coefficient (Wildman–Crippen LogP) is 1.51. The van der Waals surface area contributed by atoms with Crippen LogP contribution in [0.25, 0.3) is 0 Å². The second-order valence-corrected chi connectivity index (χ2v) is 5.58. The molecule has 6 nitrogen and oxygen atoms in total. The van der Waals surface area contributed by atoms with Gasteiger partial charge in [0.1, 0.15) is 5.82 Å². The summed E-state index contributed by atoms with van der Waals surface area (Å²) in [6, 6.07) is 3.73. The van der Waals surface area contributed by atoms with Crippen LogP contribution in [0.2, 0.25) is 0 Å². The van der Waals surface area contributed by atoms with Crippen molar-refractivity contribution in [2.75, 3.05) is 25.6 Å². The van der Waals surface area contributed by atoms with Gasteiger partial charge in [0.15, 0.2) is 0 Å². The Morgan fingerprint density at radius 2 is 2.38 bits per heavy atom. The smallest absolute Gasteiger partial charge is 0.315 e. The SMILES string of the molecule is C[C@@H](NC(=O)NCc1ccnc(N(C)C)c1)[C@H]1CCCO1. The largest absolute Gasteiger partial charge is 0.376 e. The lowest BCUT2D eigenvalue weighted by molar-refractivity contribution is 0.0860. The van der Waals surface area contributed by atoms with Gasteiger partial charge in [0, 0.05) is 33.4 Å². The van der Waals surface area contributed by atoms with E-state index in [2.05, 4.69) is 15.6 Å². The highest BCUT2D eigenvalue weighted by atomic mass is 16.5. The standard InChI is InChI=1S/C15H24N4O2/c1-11(13-5-4-8-21-13)18-15(20)17-10-12-6-7-16-14(9-12)19(2)3/h6-7,9,11,13H,4-5,8,10H2,1-3H3,(H2,17,18,20)/t11-,13-/m1/s1. The molecule has 6 heteroatoms. The zero-order chi connectivity index (χ0) is 15.2. The molecule has 0 aliphatic carbocycles. The second-order valence-electron chi connectivity index (χ2n) is 5.58. The lowest BCUT2D eigenvalue weighted by Gasteiger charge is -2.20. The fourth-order valence-corrected chi connectivity index (χ4v) is 2.35. The Morgan fingerprint density at radius 1 is 1.57 bits per heavy atom. The number of urea groups is 1. The molecule has 21 heavy (non-hydrogen) atoms. The molecule has 0 aromatic carbocycles. The van der Waals surface area contributed by atoms with Gasteiger partial charge in [-0.15, -0.1) is 0 Å². The van der Waals surface area contributed by atoms with E-state index in [0.717, 1.165) is 30.8 Å². The fourth-order valence-electron chi connectivity index (χ4n) is 2.35. The third-order valence-electron chi connectivity index (χ3n) is 3.60. The van der Waals surface area contributed by atoms with E-state index < -0.39 is 0 Å². The number of hydrogen-bond donors (Lipinski definition) is 2. The van der Waals surface area contributed by atoms with E-state index in [1.54, 1.807) is 6.20 Å². The summed E-state index contributed by atoms with van der Waals surface area (Å²) < 4.78 is 5.56. The molecule has 1 aliphatic rings. The molecule has 0 radical (unpaired) electrons. The van der Waals surface area contributed by atoms with Crippen molar-refractivity contribution in [3.05, 3.63) is 23.9 Å². The van der Waals surface area contributed by atoms with Crippen LogP contribution in [-0.2, 0) is 11.3 Å². The van der Waals surface area contributed by atoms with Gasteiger partial charge in [-0.25, -0.2) is 9.78 Å². The van der Waals surface area contributed by atoms with Gasteiger partial charge >= 0.3 is 6.03 Å². The van der Waals surface area contributed by atoms with E-state index in [9.17, 15) is 4.79 Å². The minimum absolute atomic E-state index is 0.0299. The average Bonchev–Trinajstić information content (AvgIpc) is 2.99. The fraction of sp³-hybridized carbons (Fsp3) is 0.600. The molecule has 0 unspecified atom stereocenters. The molecule has 116 valence electrons. The Bertz CT molecular complexity index is 472. The number of nitrogens with one attached hydrogen (secondary N) is 2. The third-order valence-corrected chi connectivity index (χ3v) is 3.60. The first-order valence-electron chi connectivity index (χ1n) is 7.34. The quantitative estimate of drug-likeness (QED) is 0.863. The molecule has 2 rings (SSSR count). The number of aromatic nitrogens is 1.